The van der Waals surface area contributed by atoms with Crippen LogP contribution in [0.3, 0.4) is 0 Å². The molecule has 2 fully saturated rings. The van der Waals surface area contributed by atoms with Gasteiger partial charge in [-0.2, -0.15) is 0 Å². The van der Waals surface area contributed by atoms with Crippen molar-refractivity contribution in [2.24, 2.45) is 5.92 Å². The van der Waals surface area contributed by atoms with Crippen molar-refractivity contribution in [3.05, 3.63) is 0 Å². The van der Waals surface area contributed by atoms with Gasteiger partial charge < -0.3 is 10.1 Å². The van der Waals surface area contributed by atoms with Gasteiger partial charge in [-0.15, -0.1) is 0 Å². The standard InChI is InChI=1S/C7H11NO2/c9-7-3-5-1-2-8-4-6(5)10-7/h5-6,8H,1-4H2. The van der Waals surface area contributed by atoms with Gasteiger partial charge in [0, 0.05) is 12.5 Å². The van der Waals surface area contributed by atoms with Crippen molar-refractivity contribution in [2.75, 3.05) is 13.1 Å². The van der Waals surface area contributed by atoms with E-state index in [-0.39, 0.29) is 12.1 Å². The summed E-state index contributed by atoms with van der Waals surface area (Å²) in [5, 5.41) is 3.20. The van der Waals surface area contributed by atoms with Gasteiger partial charge in [-0.1, -0.05) is 0 Å². The van der Waals surface area contributed by atoms with E-state index in [2.05, 4.69) is 5.32 Å². The highest BCUT2D eigenvalue weighted by Crippen LogP contribution is 2.26. The van der Waals surface area contributed by atoms with Crippen LogP contribution < -0.4 is 5.32 Å². The van der Waals surface area contributed by atoms with Crippen LogP contribution in [0.25, 0.3) is 0 Å². The number of rotatable bonds is 0. The molecule has 2 saturated heterocycles. The van der Waals surface area contributed by atoms with Crippen LogP contribution in [0.15, 0.2) is 0 Å². The molecule has 0 radical (unpaired) electrons. The van der Waals surface area contributed by atoms with Gasteiger partial charge in [-0.3, -0.25) is 4.79 Å². The molecule has 3 heteroatoms. The van der Waals surface area contributed by atoms with Gasteiger partial charge in [0.25, 0.3) is 0 Å². The first-order valence-corrected chi connectivity index (χ1v) is 3.76. The summed E-state index contributed by atoms with van der Waals surface area (Å²) in [7, 11) is 0. The van der Waals surface area contributed by atoms with Crippen LogP contribution in [0.1, 0.15) is 12.8 Å². The maximum atomic E-state index is 10.8. The molecule has 0 aromatic rings. The highest BCUT2D eigenvalue weighted by atomic mass is 16.6. The van der Waals surface area contributed by atoms with E-state index in [1.54, 1.807) is 0 Å². The number of hydrogen-bond donors (Lipinski definition) is 1. The molecule has 0 saturated carbocycles. The van der Waals surface area contributed by atoms with Gasteiger partial charge in [0.05, 0.1) is 6.42 Å². The Kier molecular flexibility index (Phi) is 1.38. The molecule has 0 amide bonds. The quantitative estimate of drug-likeness (QED) is 0.479. The summed E-state index contributed by atoms with van der Waals surface area (Å²) in [4.78, 5) is 10.8. The monoisotopic (exact) mass is 141 g/mol. The summed E-state index contributed by atoms with van der Waals surface area (Å²) < 4.78 is 5.06. The third-order valence-corrected chi connectivity index (χ3v) is 2.27. The van der Waals surface area contributed by atoms with E-state index in [9.17, 15) is 4.79 Å². The van der Waals surface area contributed by atoms with Crippen molar-refractivity contribution in [3.63, 3.8) is 0 Å². The highest BCUT2D eigenvalue weighted by molar-refractivity contribution is 5.72. The van der Waals surface area contributed by atoms with Crippen molar-refractivity contribution in [2.45, 2.75) is 18.9 Å². The van der Waals surface area contributed by atoms with Crippen LogP contribution in [0.4, 0.5) is 0 Å². The van der Waals surface area contributed by atoms with E-state index in [0.29, 0.717) is 12.3 Å². The zero-order valence-electron chi connectivity index (χ0n) is 5.80. The lowest BCUT2D eigenvalue weighted by atomic mass is 9.95. The molecule has 2 rings (SSSR count). The molecule has 0 aliphatic carbocycles. The third kappa shape index (κ3) is 0.904. The zero-order valence-corrected chi connectivity index (χ0v) is 5.80. The second kappa shape index (κ2) is 2.23. The second-order valence-corrected chi connectivity index (χ2v) is 2.99. The smallest absolute Gasteiger partial charge is 0.306 e. The molecular formula is C7H11NO2. The Morgan fingerprint density at radius 1 is 1.60 bits per heavy atom. The fourth-order valence-electron chi connectivity index (χ4n) is 1.69. The number of carbonyl (C=O) groups excluding carboxylic acids is 1. The van der Waals surface area contributed by atoms with E-state index in [4.69, 9.17) is 4.74 Å². The lowest BCUT2D eigenvalue weighted by Crippen LogP contribution is -2.38. The summed E-state index contributed by atoms with van der Waals surface area (Å²) in [6.07, 6.45) is 1.92. The van der Waals surface area contributed by atoms with Gasteiger partial charge in [0.2, 0.25) is 0 Å². The number of fused-ring (bicyclic) bond motifs is 1. The van der Waals surface area contributed by atoms with Crippen LogP contribution in [0.2, 0.25) is 0 Å². The van der Waals surface area contributed by atoms with Crippen molar-refractivity contribution >= 4 is 5.97 Å². The van der Waals surface area contributed by atoms with Crippen molar-refractivity contribution < 1.29 is 9.53 Å². The Labute approximate surface area is 59.7 Å². The van der Waals surface area contributed by atoms with Crippen LogP contribution >= 0.6 is 0 Å². The van der Waals surface area contributed by atoms with Crippen molar-refractivity contribution in [1.29, 1.82) is 0 Å². The molecule has 2 unspecified atom stereocenters. The summed E-state index contributed by atoms with van der Waals surface area (Å²) in [5.74, 6) is 0.493. The Hall–Kier alpha value is -0.570. The molecule has 0 aromatic heterocycles. The molecular weight excluding hydrogens is 130 g/mol. The number of ether oxygens (including phenoxy) is 1. The fraction of sp³-hybridized carbons (Fsp3) is 0.857. The molecule has 0 spiro atoms. The van der Waals surface area contributed by atoms with Crippen LogP contribution in [0.5, 0.6) is 0 Å². The molecule has 1 N–H and O–H groups in total. The summed E-state index contributed by atoms with van der Waals surface area (Å²) in [6.45, 7) is 1.90. The molecule has 0 aromatic carbocycles. The van der Waals surface area contributed by atoms with Crippen LogP contribution in [0, 0.1) is 5.92 Å². The van der Waals surface area contributed by atoms with Gasteiger partial charge in [0.15, 0.2) is 0 Å². The van der Waals surface area contributed by atoms with Gasteiger partial charge in [0.1, 0.15) is 6.10 Å². The number of piperidine rings is 1. The lowest BCUT2D eigenvalue weighted by molar-refractivity contribution is -0.141. The normalized spacial score (nSPS) is 39.0. The van der Waals surface area contributed by atoms with E-state index in [1.807, 2.05) is 0 Å². The van der Waals surface area contributed by atoms with E-state index in [0.717, 1.165) is 19.5 Å². The first kappa shape index (κ1) is 6.16. The van der Waals surface area contributed by atoms with E-state index < -0.39 is 0 Å². The Morgan fingerprint density at radius 3 is 3.30 bits per heavy atom. The van der Waals surface area contributed by atoms with Crippen molar-refractivity contribution in [3.8, 4) is 0 Å². The predicted molar refractivity (Wildman–Crippen MR) is 35.5 cm³/mol. The van der Waals surface area contributed by atoms with E-state index >= 15 is 0 Å². The third-order valence-electron chi connectivity index (χ3n) is 2.27. The minimum Gasteiger partial charge on any atom is -0.461 e. The zero-order chi connectivity index (χ0) is 6.97. The van der Waals surface area contributed by atoms with E-state index in [1.165, 1.54) is 0 Å². The Balaban J connectivity index is 2.04. The molecule has 2 aliphatic heterocycles. The summed E-state index contributed by atoms with van der Waals surface area (Å²) in [6, 6.07) is 0. The molecule has 56 valence electrons. The topological polar surface area (TPSA) is 38.3 Å². The maximum absolute atomic E-state index is 10.8. The minimum absolute atomic E-state index is 0.0151. The number of nitrogens with one attached hydrogen (secondary N) is 1. The maximum Gasteiger partial charge on any atom is 0.306 e. The first-order chi connectivity index (χ1) is 4.86. The van der Waals surface area contributed by atoms with Crippen LogP contribution in [-0.2, 0) is 9.53 Å². The van der Waals surface area contributed by atoms with Crippen molar-refractivity contribution in [1.82, 2.24) is 5.32 Å². The van der Waals surface area contributed by atoms with Gasteiger partial charge in [-0.25, -0.2) is 0 Å². The summed E-state index contributed by atoms with van der Waals surface area (Å²) >= 11 is 0. The van der Waals surface area contributed by atoms with Crippen LogP contribution in [-0.4, -0.2) is 25.2 Å². The van der Waals surface area contributed by atoms with Gasteiger partial charge >= 0.3 is 5.97 Å². The largest absolute Gasteiger partial charge is 0.461 e. The fourth-order valence-corrected chi connectivity index (χ4v) is 1.69. The number of hydrogen-bond acceptors (Lipinski definition) is 3. The molecule has 3 nitrogen and oxygen atoms in total. The molecule has 10 heavy (non-hydrogen) atoms. The second-order valence-electron chi connectivity index (χ2n) is 2.99. The lowest BCUT2D eigenvalue weighted by Gasteiger charge is -2.23. The number of esters is 1. The van der Waals surface area contributed by atoms with Gasteiger partial charge in [-0.05, 0) is 13.0 Å². The molecule has 2 heterocycles. The highest BCUT2D eigenvalue weighted by Gasteiger charge is 2.35. The molecule has 2 atom stereocenters. The Bertz CT molecular complexity index is 142. The Morgan fingerprint density at radius 2 is 2.50 bits per heavy atom. The molecule has 2 aliphatic rings. The predicted octanol–water partition coefficient (Wildman–Crippen LogP) is -0.0886. The first-order valence-electron chi connectivity index (χ1n) is 3.76. The number of carbonyl (C=O) groups is 1. The average molecular weight is 141 g/mol. The average Bonchev–Trinajstić information content (AvgIpc) is 2.27. The minimum atomic E-state index is -0.0151. The SMILES string of the molecule is O=C1CC2CCNCC2O1. The molecule has 0 bridgehead atoms. The summed E-state index contributed by atoms with van der Waals surface area (Å²) in [5.41, 5.74) is 0.